The van der Waals surface area contributed by atoms with Gasteiger partial charge in [0.15, 0.2) is 11.5 Å². The zero-order chi connectivity index (χ0) is 13.8. The minimum Gasteiger partial charge on any atom is -0.464 e. The molecular weight excluding hydrogens is 248 g/mol. The molecule has 0 aliphatic heterocycles. The van der Waals surface area contributed by atoms with Crippen molar-refractivity contribution in [2.24, 2.45) is 7.05 Å². The molecule has 2 rings (SSSR count). The second kappa shape index (κ2) is 5.42. The van der Waals surface area contributed by atoms with Crippen molar-refractivity contribution >= 4 is 11.8 Å². The molecular formula is C11H14N6O2. The standard InChI is InChI=1S/C11H14N6O2/c1-7(10-16-13-6-17(10)2)14-9-5-12-4-8(15-9)11(18)19-3/h4-7H,1-3H3,(H,14,15). The van der Waals surface area contributed by atoms with Gasteiger partial charge in [-0.05, 0) is 6.92 Å². The largest absolute Gasteiger partial charge is 0.464 e. The van der Waals surface area contributed by atoms with Crippen molar-refractivity contribution in [1.29, 1.82) is 0 Å². The summed E-state index contributed by atoms with van der Waals surface area (Å²) in [5.74, 6) is 0.700. The second-order valence-corrected chi connectivity index (χ2v) is 3.95. The Hall–Kier alpha value is -2.51. The number of carbonyl (C=O) groups excluding carboxylic acids is 1. The SMILES string of the molecule is COC(=O)c1cncc(NC(C)c2nncn2C)n1. The van der Waals surface area contributed by atoms with Crippen molar-refractivity contribution in [3.8, 4) is 0 Å². The number of esters is 1. The van der Waals surface area contributed by atoms with Crippen LogP contribution in [0.3, 0.4) is 0 Å². The highest BCUT2D eigenvalue weighted by Gasteiger charge is 2.13. The highest BCUT2D eigenvalue weighted by Crippen LogP contribution is 2.14. The molecule has 0 amide bonds. The molecule has 0 aliphatic carbocycles. The van der Waals surface area contributed by atoms with Crippen molar-refractivity contribution < 1.29 is 9.53 Å². The van der Waals surface area contributed by atoms with Crippen LogP contribution in [-0.2, 0) is 11.8 Å². The summed E-state index contributed by atoms with van der Waals surface area (Å²) in [5, 5.41) is 10.9. The van der Waals surface area contributed by atoms with Crippen LogP contribution in [0.2, 0.25) is 0 Å². The molecule has 0 aromatic carbocycles. The minimum atomic E-state index is -0.525. The third-order valence-corrected chi connectivity index (χ3v) is 2.53. The van der Waals surface area contributed by atoms with E-state index in [0.29, 0.717) is 5.82 Å². The van der Waals surface area contributed by atoms with Crippen molar-refractivity contribution in [3.05, 3.63) is 30.2 Å². The highest BCUT2D eigenvalue weighted by atomic mass is 16.5. The molecule has 8 heteroatoms. The van der Waals surface area contributed by atoms with Crippen molar-refractivity contribution in [3.63, 3.8) is 0 Å². The van der Waals surface area contributed by atoms with Gasteiger partial charge in [-0.25, -0.2) is 9.78 Å². The molecule has 1 atom stereocenters. The summed E-state index contributed by atoms with van der Waals surface area (Å²) < 4.78 is 6.39. The molecule has 0 spiro atoms. The first kappa shape index (κ1) is 12.9. The molecule has 8 nitrogen and oxygen atoms in total. The highest BCUT2D eigenvalue weighted by molar-refractivity contribution is 5.87. The van der Waals surface area contributed by atoms with E-state index in [0.717, 1.165) is 5.82 Å². The van der Waals surface area contributed by atoms with E-state index in [1.165, 1.54) is 19.5 Å². The van der Waals surface area contributed by atoms with Gasteiger partial charge in [0.1, 0.15) is 12.1 Å². The van der Waals surface area contributed by atoms with Crippen molar-refractivity contribution in [2.45, 2.75) is 13.0 Å². The Morgan fingerprint density at radius 3 is 2.89 bits per heavy atom. The number of hydrogen-bond donors (Lipinski definition) is 1. The summed E-state index contributed by atoms with van der Waals surface area (Å²) in [6.07, 6.45) is 4.49. The number of aryl methyl sites for hydroxylation is 1. The Morgan fingerprint density at radius 1 is 1.47 bits per heavy atom. The summed E-state index contributed by atoms with van der Waals surface area (Å²) in [5.41, 5.74) is 0.151. The predicted molar refractivity (Wildman–Crippen MR) is 66.4 cm³/mol. The van der Waals surface area contributed by atoms with Gasteiger partial charge in [0, 0.05) is 7.05 Å². The number of ether oxygens (including phenoxy) is 1. The number of hydrogen-bond acceptors (Lipinski definition) is 7. The first-order valence-electron chi connectivity index (χ1n) is 5.62. The average molecular weight is 262 g/mol. The van der Waals surface area contributed by atoms with E-state index in [1.54, 1.807) is 10.9 Å². The van der Waals surface area contributed by atoms with Crippen LogP contribution in [-0.4, -0.2) is 37.8 Å². The van der Waals surface area contributed by atoms with Crippen molar-refractivity contribution in [2.75, 3.05) is 12.4 Å². The zero-order valence-corrected chi connectivity index (χ0v) is 10.9. The fourth-order valence-electron chi connectivity index (χ4n) is 1.61. The van der Waals surface area contributed by atoms with Gasteiger partial charge in [-0.3, -0.25) is 4.98 Å². The van der Waals surface area contributed by atoms with Gasteiger partial charge in [0.25, 0.3) is 0 Å². The number of carbonyl (C=O) groups is 1. The van der Waals surface area contributed by atoms with E-state index in [1.807, 2.05) is 14.0 Å². The third-order valence-electron chi connectivity index (χ3n) is 2.53. The van der Waals surface area contributed by atoms with E-state index in [2.05, 4.69) is 30.2 Å². The molecule has 0 saturated heterocycles. The first-order chi connectivity index (χ1) is 9.11. The van der Waals surface area contributed by atoms with Crippen LogP contribution in [0.5, 0.6) is 0 Å². The van der Waals surface area contributed by atoms with Crippen molar-refractivity contribution in [1.82, 2.24) is 24.7 Å². The lowest BCUT2D eigenvalue weighted by Gasteiger charge is -2.13. The summed E-state index contributed by atoms with van der Waals surface area (Å²) in [6, 6.07) is -0.116. The van der Waals surface area contributed by atoms with Gasteiger partial charge >= 0.3 is 5.97 Å². The number of rotatable bonds is 4. The molecule has 19 heavy (non-hydrogen) atoms. The molecule has 0 aliphatic rings. The molecule has 100 valence electrons. The van der Waals surface area contributed by atoms with Gasteiger partial charge in [0.05, 0.1) is 25.5 Å². The molecule has 2 aromatic heterocycles. The van der Waals surface area contributed by atoms with E-state index in [4.69, 9.17) is 0 Å². The fraction of sp³-hybridized carbons (Fsp3) is 0.364. The Kier molecular flexibility index (Phi) is 3.69. The lowest BCUT2D eigenvalue weighted by atomic mass is 10.3. The van der Waals surface area contributed by atoms with Gasteiger partial charge in [0.2, 0.25) is 0 Å². The second-order valence-electron chi connectivity index (χ2n) is 3.95. The van der Waals surface area contributed by atoms with Gasteiger partial charge < -0.3 is 14.6 Å². The summed E-state index contributed by atoms with van der Waals surface area (Å²) in [7, 11) is 3.15. The zero-order valence-electron chi connectivity index (χ0n) is 10.9. The molecule has 0 radical (unpaired) electrons. The summed E-state index contributed by atoms with van der Waals surface area (Å²) in [4.78, 5) is 19.4. The average Bonchev–Trinajstić information content (AvgIpc) is 2.84. The maximum Gasteiger partial charge on any atom is 0.358 e. The van der Waals surface area contributed by atoms with E-state index in [-0.39, 0.29) is 11.7 Å². The van der Waals surface area contributed by atoms with Crippen LogP contribution in [0.1, 0.15) is 29.3 Å². The smallest absolute Gasteiger partial charge is 0.358 e. The summed E-state index contributed by atoms with van der Waals surface area (Å²) >= 11 is 0. The molecule has 1 unspecified atom stereocenters. The molecule has 0 fully saturated rings. The maximum atomic E-state index is 11.4. The lowest BCUT2D eigenvalue weighted by Crippen LogP contribution is -2.14. The molecule has 0 bridgehead atoms. The van der Waals surface area contributed by atoms with E-state index >= 15 is 0 Å². The van der Waals surface area contributed by atoms with Crippen LogP contribution in [0.4, 0.5) is 5.82 Å². The molecule has 1 N–H and O–H groups in total. The minimum absolute atomic E-state index is 0.116. The predicted octanol–water partition coefficient (Wildman–Crippen LogP) is 0.565. The van der Waals surface area contributed by atoms with Crippen LogP contribution < -0.4 is 5.32 Å². The van der Waals surface area contributed by atoms with Crippen LogP contribution in [0, 0.1) is 0 Å². The molecule has 2 heterocycles. The quantitative estimate of drug-likeness (QED) is 0.804. The Balaban J connectivity index is 2.15. The number of methoxy groups -OCH3 is 1. The fourth-order valence-corrected chi connectivity index (χ4v) is 1.61. The Labute approximate surface area is 109 Å². The van der Waals surface area contributed by atoms with Crippen LogP contribution in [0.15, 0.2) is 18.7 Å². The van der Waals surface area contributed by atoms with Gasteiger partial charge in [-0.1, -0.05) is 0 Å². The van der Waals surface area contributed by atoms with Crippen LogP contribution >= 0.6 is 0 Å². The number of anilines is 1. The van der Waals surface area contributed by atoms with E-state index < -0.39 is 5.97 Å². The normalized spacial score (nSPS) is 11.9. The summed E-state index contributed by atoms with van der Waals surface area (Å²) in [6.45, 7) is 1.91. The Bertz CT molecular complexity index is 582. The Morgan fingerprint density at radius 2 is 2.26 bits per heavy atom. The number of nitrogens with one attached hydrogen (secondary N) is 1. The van der Waals surface area contributed by atoms with Crippen LogP contribution in [0.25, 0.3) is 0 Å². The third kappa shape index (κ3) is 2.84. The van der Waals surface area contributed by atoms with Gasteiger partial charge in [-0.2, -0.15) is 0 Å². The monoisotopic (exact) mass is 262 g/mol. The molecule has 0 saturated carbocycles. The maximum absolute atomic E-state index is 11.4. The molecule has 2 aromatic rings. The van der Waals surface area contributed by atoms with E-state index in [9.17, 15) is 4.79 Å². The van der Waals surface area contributed by atoms with Gasteiger partial charge in [-0.15, -0.1) is 10.2 Å². The topological polar surface area (TPSA) is 94.8 Å². The number of aromatic nitrogens is 5. The first-order valence-corrected chi connectivity index (χ1v) is 5.62. The lowest BCUT2D eigenvalue weighted by molar-refractivity contribution is 0.0593. The number of nitrogens with zero attached hydrogens (tertiary/aromatic N) is 5.